The topological polar surface area (TPSA) is 21.7 Å². The van der Waals surface area contributed by atoms with E-state index in [0.29, 0.717) is 0 Å². The van der Waals surface area contributed by atoms with Gasteiger partial charge in [-0.05, 0) is 30.2 Å². The number of methoxy groups -OCH3 is 1. The standard InChI is InChI=1S/C15H15NO2/c1-17-15-7-5-14(6-8-15)4-2-3-9-16-10-12-18-13-11-16/h5-8H,10-13H2,1H3. The third kappa shape index (κ3) is 3.73. The monoisotopic (exact) mass is 241 g/mol. The van der Waals surface area contributed by atoms with Gasteiger partial charge in [-0.3, -0.25) is 0 Å². The molecule has 0 aliphatic carbocycles. The SMILES string of the molecule is COc1ccc(C#CC#CN2CCOCC2)cc1. The van der Waals surface area contributed by atoms with E-state index in [1.165, 1.54) is 0 Å². The van der Waals surface area contributed by atoms with Crippen molar-refractivity contribution in [3.63, 3.8) is 0 Å². The molecule has 92 valence electrons. The van der Waals surface area contributed by atoms with Crippen molar-refractivity contribution in [3.05, 3.63) is 29.8 Å². The lowest BCUT2D eigenvalue weighted by Crippen LogP contribution is -2.32. The molecule has 1 aliphatic heterocycles. The zero-order chi connectivity index (χ0) is 12.6. The first-order chi connectivity index (χ1) is 8.88. The number of morpholine rings is 1. The average molecular weight is 241 g/mol. The van der Waals surface area contributed by atoms with E-state index < -0.39 is 0 Å². The van der Waals surface area contributed by atoms with Gasteiger partial charge in [0, 0.05) is 30.6 Å². The lowest BCUT2D eigenvalue weighted by molar-refractivity contribution is 0.0638. The summed E-state index contributed by atoms with van der Waals surface area (Å²) in [7, 11) is 1.65. The fourth-order valence-electron chi connectivity index (χ4n) is 1.56. The van der Waals surface area contributed by atoms with Crippen LogP contribution in [0.4, 0.5) is 0 Å². The maximum Gasteiger partial charge on any atom is 0.118 e. The molecule has 3 nitrogen and oxygen atoms in total. The Hall–Kier alpha value is -2.10. The summed E-state index contributed by atoms with van der Waals surface area (Å²) in [5.74, 6) is 9.54. The molecule has 1 fully saturated rings. The first-order valence-corrected chi connectivity index (χ1v) is 5.87. The summed E-state index contributed by atoms with van der Waals surface area (Å²) in [6.07, 6.45) is 0. The van der Waals surface area contributed by atoms with Crippen LogP contribution in [0.5, 0.6) is 5.75 Å². The van der Waals surface area contributed by atoms with Crippen LogP contribution in [0.2, 0.25) is 0 Å². The Balaban J connectivity index is 1.92. The molecule has 0 radical (unpaired) electrons. The van der Waals surface area contributed by atoms with Crippen LogP contribution in [0.3, 0.4) is 0 Å². The van der Waals surface area contributed by atoms with Crippen LogP contribution in [0.1, 0.15) is 5.56 Å². The fraction of sp³-hybridized carbons (Fsp3) is 0.333. The van der Waals surface area contributed by atoms with Gasteiger partial charge in [0.15, 0.2) is 0 Å². The lowest BCUT2D eigenvalue weighted by Gasteiger charge is -2.22. The number of ether oxygens (including phenoxy) is 2. The van der Waals surface area contributed by atoms with E-state index in [1.54, 1.807) is 7.11 Å². The number of hydrogen-bond acceptors (Lipinski definition) is 3. The molecule has 3 heteroatoms. The van der Waals surface area contributed by atoms with Crippen molar-refractivity contribution in [2.24, 2.45) is 0 Å². The summed E-state index contributed by atoms with van der Waals surface area (Å²) in [5, 5.41) is 0. The minimum Gasteiger partial charge on any atom is -0.497 e. The zero-order valence-corrected chi connectivity index (χ0v) is 10.4. The molecule has 18 heavy (non-hydrogen) atoms. The van der Waals surface area contributed by atoms with E-state index in [9.17, 15) is 0 Å². The minimum atomic E-state index is 0.751. The molecule has 0 N–H and O–H groups in total. The van der Waals surface area contributed by atoms with Crippen molar-refractivity contribution < 1.29 is 9.47 Å². The van der Waals surface area contributed by atoms with Gasteiger partial charge in [-0.1, -0.05) is 5.92 Å². The lowest BCUT2D eigenvalue weighted by atomic mass is 10.2. The molecule has 0 saturated carbocycles. The molecule has 0 amide bonds. The summed E-state index contributed by atoms with van der Waals surface area (Å²) in [5.41, 5.74) is 0.937. The van der Waals surface area contributed by atoms with Crippen molar-refractivity contribution in [2.45, 2.75) is 0 Å². The molecule has 0 atom stereocenters. The average Bonchev–Trinajstić information content (AvgIpc) is 2.45. The van der Waals surface area contributed by atoms with Gasteiger partial charge in [0.25, 0.3) is 0 Å². The van der Waals surface area contributed by atoms with Gasteiger partial charge in [0.05, 0.1) is 20.3 Å². The van der Waals surface area contributed by atoms with Gasteiger partial charge in [0.2, 0.25) is 0 Å². The maximum atomic E-state index is 5.24. The van der Waals surface area contributed by atoms with Crippen molar-refractivity contribution in [3.8, 4) is 29.6 Å². The Morgan fingerprint density at radius 1 is 1.11 bits per heavy atom. The largest absolute Gasteiger partial charge is 0.497 e. The first-order valence-electron chi connectivity index (χ1n) is 5.87. The number of nitrogens with zero attached hydrogens (tertiary/aromatic N) is 1. The van der Waals surface area contributed by atoms with Crippen LogP contribution in [0, 0.1) is 23.8 Å². The highest BCUT2D eigenvalue weighted by molar-refractivity contribution is 5.42. The highest BCUT2D eigenvalue weighted by Crippen LogP contribution is 2.09. The van der Waals surface area contributed by atoms with E-state index in [2.05, 4.69) is 23.8 Å². The van der Waals surface area contributed by atoms with E-state index in [0.717, 1.165) is 37.6 Å². The number of rotatable bonds is 1. The molecule has 1 saturated heterocycles. The molecule has 2 rings (SSSR count). The van der Waals surface area contributed by atoms with Gasteiger partial charge in [0.1, 0.15) is 5.75 Å². The maximum absolute atomic E-state index is 5.24. The smallest absolute Gasteiger partial charge is 0.118 e. The molecule has 0 bridgehead atoms. The Morgan fingerprint density at radius 2 is 1.83 bits per heavy atom. The molecule has 1 aliphatic rings. The summed E-state index contributed by atoms with van der Waals surface area (Å²) < 4.78 is 10.3. The summed E-state index contributed by atoms with van der Waals surface area (Å²) in [4.78, 5) is 2.03. The first kappa shape index (κ1) is 12.4. The summed E-state index contributed by atoms with van der Waals surface area (Å²) in [6.45, 7) is 3.22. The Bertz CT molecular complexity index is 493. The van der Waals surface area contributed by atoms with Gasteiger partial charge in [-0.25, -0.2) is 0 Å². The van der Waals surface area contributed by atoms with Crippen molar-refractivity contribution >= 4 is 0 Å². The third-order valence-electron chi connectivity index (χ3n) is 2.58. The predicted molar refractivity (Wildman–Crippen MR) is 70.0 cm³/mol. The van der Waals surface area contributed by atoms with Crippen LogP contribution < -0.4 is 4.74 Å². The van der Waals surface area contributed by atoms with Crippen LogP contribution >= 0.6 is 0 Å². The van der Waals surface area contributed by atoms with Gasteiger partial charge >= 0.3 is 0 Å². The second kappa shape index (κ2) is 6.59. The zero-order valence-electron chi connectivity index (χ0n) is 10.4. The molecular weight excluding hydrogens is 226 g/mol. The van der Waals surface area contributed by atoms with Crippen LogP contribution in [-0.2, 0) is 4.74 Å². The summed E-state index contributed by atoms with van der Waals surface area (Å²) >= 11 is 0. The molecule has 1 heterocycles. The molecule has 0 aromatic heterocycles. The third-order valence-corrected chi connectivity index (χ3v) is 2.58. The normalized spacial score (nSPS) is 13.9. The van der Waals surface area contributed by atoms with Crippen molar-refractivity contribution in [2.75, 3.05) is 33.4 Å². The predicted octanol–water partition coefficient (Wildman–Crippen LogP) is 1.34. The number of hydrogen-bond donors (Lipinski definition) is 0. The van der Waals surface area contributed by atoms with E-state index in [4.69, 9.17) is 9.47 Å². The molecule has 1 aromatic carbocycles. The van der Waals surface area contributed by atoms with Crippen LogP contribution in [0.25, 0.3) is 0 Å². The highest BCUT2D eigenvalue weighted by atomic mass is 16.5. The Kier molecular flexibility index (Phi) is 4.53. The molecule has 0 spiro atoms. The van der Waals surface area contributed by atoms with Crippen LogP contribution in [0.15, 0.2) is 24.3 Å². The van der Waals surface area contributed by atoms with Crippen molar-refractivity contribution in [1.29, 1.82) is 0 Å². The Labute approximate surface area is 108 Å². The van der Waals surface area contributed by atoms with E-state index in [1.807, 2.05) is 29.2 Å². The molecule has 0 unspecified atom stereocenters. The van der Waals surface area contributed by atoms with Gasteiger partial charge in [-0.15, -0.1) is 0 Å². The highest BCUT2D eigenvalue weighted by Gasteiger charge is 2.04. The van der Waals surface area contributed by atoms with E-state index >= 15 is 0 Å². The van der Waals surface area contributed by atoms with Gasteiger partial charge in [-0.2, -0.15) is 0 Å². The Morgan fingerprint density at radius 3 is 2.50 bits per heavy atom. The molecular formula is C15H15NO2. The summed E-state index contributed by atoms with van der Waals surface area (Å²) in [6, 6.07) is 10.6. The van der Waals surface area contributed by atoms with E-state index in [-0.39, 0.29) is 0 Å². The second-order valence-corrected chi connectivity index (χ2v) is 3.81. The van der Waals surface area contributed by atoms with Crippen LogP contribution in [-0.4, -0.2) is 38.3 Å². The number of benzene rings is 1. The quantitative estimate of drug-likeness (QED) is 0.693. The minimum absolute atomic E-state index is 0.751. The fourth-order valence-corrected chi connectivity index (χ4v) is 1.56. The molecule has 1 aromatic rings. The van der Waals surface area contributed by atoms with Gasteiger partial charge < -0.3 is 14.4 Å². The second-order valence-electron chi connectivity index (χ2n) is 3.81. The van der Waals surface area contributed by atoms with Crippen molar-refractivity contribution in [1.82, 2.24) is 4.90 Å².